The zero-order valence-corrected chi connectivity index (χ0v) is 10.2. The van der Waals surface area contributed by atoms with E-state index >= 15 is 0 Å². The largest absolute Gasteiger partial charge is 0.504 e. The molecule has 0 heterocycles. The van der Waals surface area contributed by atoms with Gasteiger partial charge in [-0.05, 0) is 23.3 Å². The predicted octanol–water partition coefficient (Wildman–Crippen LogP) is 2.53. The number of hydrogen-bond acceptors (Lipinski definition) is 4. The Morgan fingerprint density at radius 2 is 1.89 bits per heavy atom. The molecule has 0 saturated carbocycles. The van der Waals surface area contributed by atoms with Gasteiger partial charge in [0.1, 0.15) is 6.61 Å². The summed E-state index contributed by atoms with van der Waals surface area (Å²) in [5, 5.41) is 27.7. The lowest BCUT2D eigenvalue weighted by Gasteiger charge is -2.10. The monoisotopic (exact) mass is 255 g/mol. The standard InChI is InChI=1S/C15H13NO3/c16-9-14(18)12-6-7-15(13(17)8-12)19-10-11-4-2-1-3-5-11/h1-8,14,17-18H,10H2/t14-/m1/s1. The fourth-order valence-corrected chi connectivity index (χ4v) is 1.64. The highest BCUT2D eigenvalue weighted by molar-refractivity contribution is 5.43. The predicted molar refractivity (Wildman–Crippen MR) is 69.5 cm³/mol. The highest BCUT2D eigenvalue weighted by Crippen LogP contribution is 2.29. The lowest BCUT2D eigenvalue weighted by molar-refractivity contribution is 0.234. The molecular formula is C15H13NO3. The maximum Gasteiger partial charge on any atom is 0.166 e. The fraction of sp³-hybridized carbons (Fsp3) is 0.133. The van der Waals surface area contributed by atoms with Crippen molar-refractivity contribution in [3.8, 4) is 17.6 Å². The summed E-state index contributed by atoms with van der Waals surface area (Å²) in [5.74, 6) is 0.223. The third kappa shape index (κ3) is 3.24. The van der Waals surface area contributed by atoms with E-state index in [0.717, 1.165) is 5.56 Å². The van der Waals surface area contributed by atoms with Gasteiger partial charge in [-0.3, -0.25) is 0 Å². The molecule has 4 heteroatoms. The Labute approximate surface area is 111 Å². The van der Waals surface area contributed by atoms with E-state index in [1.54, 1.807) is 12.1 Å². The molecule has 4 nitrogen and oxygen atoms in total. The van der Waals surface area contributed by atoms with E-state index in [0.29, 0.717) is 17.9 Å². The Balaban J connectivity index is 2.08. The van der Waals surface area contributed by atoms with Crippen LogP contribution in [0.15, 0.2) is 48.5 Å². The van der Waals surface area contributed by atoms with Crippen LogP contribution in [0.4, 0.5) is 0 Å². The first-order valence-electron chi connectivity index (χ1n) is 5.78. The molecule has 2 aromatic carbocycles. The van der Waals surface area contributed by atoms with Crippen molar-refractivity contribution in [1.29, 1.82) is 5.26 Å². The van der Waals surface area contributed by atoms with Crippen LogP contribution >= 0.6 is 0 Å². The summed E-state index contributed by atoms with van der Waals surface area (Å²) in [6.45, 7) is 0.342. The molecule has 0 fully saturated rings. The molecule has 0 radical (unpaired) electrons. The molecule has 0 amide bonds. The van der Waals surface area contributed by atoms with Crippen LogP contribution in [0, 0.1) is 11.3 Å². The van der Waals surface area contributed by atoms with Crippen molar-refractivity contribution in [1.82, 2.24) is 0 Å². The highest BCUT2D eigenvalue weighted by Gasteiger charge is 2.10. The van der Waals surface area contributed by atoms with Crippen LogP contribution in [-0.2, 0) is 6.61 Å². The Morgan fingerprint density at radius 3 is 2.53 bits per heavy atom. The first-order chi connectivity index (χ1) is 9.20. The first kappa shape index (κ1) is 12.9. The van der Waals surface area contributed by atoms with E-state index in [-0.39, 0.29) is 5.75 Å². The summed E-state index contributed by atoms with van der Waals surface area (Å²) in [5.41, 5.74) is 1.33. The van der Waals surface area contributed by atoms with E-state index in [1.807, 2.05) is 30.3 Å². The quantitative estimate of drug-likeness (QED) is 0.823. The average Bonchev–Trinajstić information content (AvgIpc) is 2.46. The maximum absolute atomic E-state index is 9.77. The second-order valence-electron chi connectivity index (χ2n) is 4.03. The smallest absolute Gasteiger partial charge is 0.166 e. The zero-order valence-electron chi connectivity index (χ0n) is 10.2. The number of phenols is 1. The van der Waals surface area contributed by atoms with E-state index < -0.39 is 6.10 Å². The number of aliphatic hydroxyl groups excluding tert-OH is 1. The molecule has 0 aromatic heterocycles. The number of nitriles is 1. The Kier molecular flexibility index (Phi) is 4.01. The van der Waals surface area contributed by atoms with Crippen molar-refractivity contribution in [2.24, 2.45) is 0 Å². The summed E-state index contributed by atoms with van der Waals surface area (Å²) in [7, 11) is 0. The SMILES string of the molecule is N#C[C@@H](O)c1ccc(OCc2ccccc2)c(O)c1. The van der Waals surface area contributed by atoms with Crippen LogP contribution in [-0.4, -0.2) is 10.2 Å². The fourth-order valence-electron chi connectivity index (χ4n) is 1.64. The normalized spacial score (nSPS) is 11.6. The molecule has 1 atom stereocenters. The van der Waals surface area contributed by atoms with E-state index in [2.05, 4.69) is 0 Å². The van der Waals surface area contributed by atoms with Gasteiger partial charge in [0, 0.05) is 0 Å². The van der Waals surface area contributed by atoms with Gasteiger partial charge in [-0.1, -0.05) is 36.4 Å². The van der Waals surface area contributed by atoms with Crippen LogP contribution in [0.1, 0.15) is 17.2 Å². The summed E-state index contributed by atoms with van der Waals surface area (Å²) >= 11 is 0. The number of aliphatic hydroxyl groups is 1. The molecule has 0 saturated heterocycles. The van der Waals surface area contributed by atoms with Gasteiger partial charge in [0.05, 0.1) is 6.07 Å². The third-order valence-electron chi connectivity index (χ3n) is 2.66. The van der Waals surface area contributed by atoms with E-state index in [9.17, 15) is 10.2 Å². The van der Waals surface area contributed by atoms with Crippen LogP contribution in [0.3, 0.4) is 0 Å². The zero-order chi connectivity index (χ0) is 13.7. The Hall–Kier alpha value is -2.51. The summed E-state index contributed by atoms with van der Waals surface area (Å²) < 4.78 is 5.48. The summed E-state index contributed by atoms with van der Waals surface area (Å²) in [6, 6.07) is 15.7. The molecule has 2 N–H and O–H groups in total. The van der Waals surface area contributed by atoms with Crippen molar-refractivity contribution in [2.75, 3.05) is 0 Å². The van der Waals surface area contributed by atoms with Gasteiger partial charge < -0.3 is 14.9 Å². The Bertz CT molecular complexity index is 590. The van der Waals surface area contributed by atoms with Crippen molar-refractivity contribution >= 4 is 0 Å². The molecule has 0 unspecified atom stereocenters. The van der Waals surface area contributed by atoms with Crippen molar-refractivity contribution in [2.45, 2.75) is 12.7 Å². The molecule has 0 bridgehead atoms. The molecule has 0 aliphatic heterocycles. The molecule has 2 aromatic rings. The molecule has 0 aliphatic rings. The van der Waals surface area contributed by atoms with Crippen LogP contribution in [0.2, 0.25) is 0 Å². The molecule has 96 valence electrons. The number of nitrogens with zero attached hydrogens (tertiary/aromatic N) is 1. The minimum atomic E-state index is -1.24. The second kappa shape index (κ2) is 5.89. The van der Waals surface area contributed by atoms with Gasteiger partial charge in [-0.25, -0.2) is 0 Å². The van der Waals surface area contributed by atoms with Gasteiger partial charge in [-0.2, -0.15) is 5.26 Å². The van der Waals surface area contributed by atoms with E-state index in [1.165, 1.54) is 12.1 Å². The number of rotatable bonds is 4. The number of aromatic hydroxyl groups is 1. The molecular weight excluding hydrogens is 242 g/mol. The number of hydrogen-bond donors (Lipinski definition) is 2. The number of ether oxygens (including phenoxy) is 1. The molecule has 19 heavy (non-hydrogen) atoms. The van der Waals surface area contributed by atoms with Crippen LogP contribution in [0.5, 0.6) is 11.5 Å². The average molecular weight is 255 g/mol. The van der Waals surface area contributed by atoms with Gasteiger partial charge >= 0.3 is 0 Å². The van der Waals surface area contributed by atoms with Gasteiger partial charge in [-0.15, -0.1) is 0 Å². The number of benzene rings is 2. The lowest BCUT2D eigenvalue weighted by atomic mass is 10.1. The topological polar surface area (TPSA) is 73.5 Å². The third-order valence-corrected chi connectivity index (χ3v) is 2.66. The van der Waals surface area contributed by atoms with Crippen LogP contribution in [0.25, 0.3) is 0 Å². The van der Waals surface area contributed by atoms with Gasteiger partial charge in [0.15, 0.2) is 17.6 Å². The van der Waals surface area contributed by atoms with Gasteiger partial charge in [0.25, 0.3) is 0 Å². The lowest BCUT2D eigenvalue weighted by Crippen LogP contribution is -1.97. The van der Waals surface area contributed by atoms with Crippen LogP contribution < -0.4 is 4.74 Å². The highest BCUT2D eigenvalue weighted by atomic mass is 16.5. The van der Waals surface area contributed by atoms with Crippen molar-refractivity contribution in [3.63, 3.8) is 0 Å². The first-order valence-corrected chi connectivity index (χ1v) is 5.78. The summed E-state index contributed by atoms with van der Waals surface area (Å²) in [4.78, 5) is 0. The van der Waals surface area contributed by atoms with Gasteiger partial charge in [0.2, 0.25) is 0 Å². The Morgan fingerprint density at radius 1 is 1.16 bits per heavy atom. The summed E-state index contributed by atoms with van der Waals surface area (Å²) in [6.07, 6.45) is -1.24. The maximum atomic E-state index is 9.77. The number of phenolic OH excluding ortho intramolecular Hbond substituents is 1. The molecule has 2 rings (SSSR count). The van der Waals surface area contributed by atoms with Crippen molar-refractivity contribution < 1.29 is 14.9 Å². The minimum absolute atomic E-state index is 0.0947. The van der Waals surface area contributed by atoms with Crippen molar-refractivity contribution in [3.05, 3.63) is 59.7 Å². The molecule has 0 aliphatic carbocycles. The molecule has 0 spiro atoms. The van der Waals surface area contributed by atoms with E-state index in [4.69, 9.17) is 10.00 Å². The second-order valence-corrected chi connectivity index (χ2v) is 4.03. The minimum Gasteiger partial charge on any atom is -0.504 e.